The summed E-state index contributed by atoms with van der Waals surface area (Å²) in [7, 11) is -3.36. The molecule has 26 heavy (non-hydrogen) atoms. The normalized spacial score (nSPS) is 14.5. The molecular weight excluding hydrogens is 353 g/mol. The minimum atomic E-state index is -3.36. The van der Waals surface area contributed by atoms with Gasteiger partial charge in [0.15, 0.2) is 9.84 Å². The predicted molar refractivity (Wildman–Crippen MR) is 98.1 cm³/mol. The zero-order chi connectivity index (χ0) is 18.9. The molecule has 0 atom stereocenters. The number of sulfone groups is 1. The third-order valence-electron chi connectivity index (χ3n) is 4.57. The molecule has 0 heterocycles. The third kappa shape index (κ3) is 3.96. The fourth-order valence-electron chi connectivity index (χ4n) is 2.76. The molecule has 0 spiro atoms. The summed E-state index contributed by atoms with van der Waals surface area (Å²) in [6, 6.07) is 12.4. The van der Waals surface area contributed by atoms with E-state index in [0.717, 1.165) is 18.4 Å². The van der Waals surface area contributed by atoms with Gasteiger partial charge < -0.3 is 4.90 Å². The van der Waals surface area contributed by atoms with Gasteiger partial charge in [-0.25, -0.2) is 12.8 Å². The molecule has 1 aliphatic rings. The molecule has 0 aliphatic heterocycles. The maximum absolute atomic E-state index is 13.1. The van der Waals surface area contributed by atoms with Crippen molar-refractivity contribution in [2.24, 2.45) is 0 Å². The average molecular weight is 375 g/mol. The standard InChI is InChI=1S/C20H22FNO3S/c1-14(2)26(24,25)19-11-5-16(6-12-19)20(23)22(18-9-10-18)13-15-3-7-17(21)8-4-15/h3-8,11-12,14,18H,9-10,13H2,1-2H3. The van der Waals surface area contributed by atoms with E-state index in [-0.39, 0.29) is 22.7 Å². The zero-order valence-corrected chi connectivity index (χ0v) is 15.7. The zero-order valence-electron chi connectivity index (χ0n) is 14.9. The Morgan fingerprint density at radius 2 is 1.65 bits per heavy atom. The van der Waals surface area contributed by atoms with E-state index in [0.29, 0.717) is 12.1 Å². The maximum atomic E-state index is 13.1. The van der Waals surface area contributed by atoms with Crippen LogP contribution in [0, 0.1) is 5.82 Å². The smallest absolute Gasteiger partial charge is 0.254 e. The highest BCUT2D eigenvalue weighted by Gasteiger charge is 2.33. The molecule has 1 amide bonds. The first-order chi connectivity index (χ1) is 12.3. The number of hydrogen-bond acceptors (Lipinski definition) is 3. The van der Waals surface area contributed by atoms with Crippen LogP contribution in [0.3, 0.4) is 0 Å². The van der Waals surface area contributed by atoms with Crippen LogP contribution in [-0.4, -0.2) is 30.5 Å². The van der Waals surface area contributed by atoms with Crippen molar-refractivity contribution < 1.29 is 17.6 Å². The lowest BCUT2D eigenvalue weighted by Crippen LogP contribution is -2.32. The first-order valence-corrected chi connectivity index (χ1v) is 10.2. The van der Waals surface area contributed by atoms with Crippen LogP contribution in [0.1, 0.15) is 42.6 Å². The van der Waals surface area contributed by atoms with E-state index in [2.05, 4.69) is 0 Å². The van der Waals surface area contributed by atoms with Gasteiger partial charge >= 0.3 is 0 Å². The molecule has 3 rings (SSSR count). The summed E-state index contributed by atoms with van der Waals surface area (Å²) in [5.74, 6) is -0.440. The van der Waals surface area contributed by atoms with E-state index in [1.807, 2.05) is 0 Å². The van der Waals surface area contributed by atoms with Crippen molar-refractivity contribution in [3.05, 3.63) is 65.5 Å². The van der Waals surface area contributed by atoms with Gasteiger partial charge in [-0.3, -0.25) is 4.79 Å². The summed E-state index contributed by atoms with van der Waals surface area (Å²) in [6.07, 6.45) is 1.90. The second kappa shape index (κ2) is 7.19. The Labute approximate surface area is 153 Å². The lowest BCUT2D eigenvalue weighted by molar-refractivity contribution is 0.0730. The number of carbonyl (C=O) groups is 1. The molecule has 2 aromatic carbocycles. The van der Waals surface area contributed by atoms with Crippen LogP contribution in [-0.2, 0) is 16.4 Å². The molecular formula is C20H22FNO3S. The molecule has 0 aromatic heterocycles. The third-order valence-corrected chi connectivity index (χ3v) is 6.74. The Kier molecular flexibility index (Phi) is 5.14. The Morgan fingerprint density at radius 3 is 2.15 bits per heavy atom. The van der Waals surface area contributed by atoms with Gasteiger partial charge in [-0.05, 0) is 68.7 Å². The van der Waals surface area contributed by atoms with E-state index in [9.17, 15) is 17.6 Å². The maximum Gasteiger partial charge on any atom is 0.254 e. The molecule has 0 bridgehead atoms. The molecule has 1 saturated carbocycles. The van der Waals surface area contributed by atoms with Gasteiger partial charge in [-0.15, -0.1) is 0 Å². The number of halogens is 1. The summed E-state index contributed by atoms with van der Waals surface area (Å²) < 4.78 is 37.5. The quantitative estimate of drug-likeness (QED) is 0.771. The molecule has 4 nitrogen and oxygen atoms in total. The molecule has 2 aromatic rings. The topological polar surface area (TPSA) is 54.5 Å². The van der Waals surface area contributed by atoms with Crippen molar-refractivity contribution in [1.82, 2.24) is 4.90 Å². The van der Waals surface area contributed by atoms with Crippen LogP contribution in [0.25, 0.3) is 0 Å². The monoisotopic (exact) mass is 375 g/mol. The largest absolute Gasteiger partial charge is 0.331 e. The second-order valence-electron chi connectivity index (χ2n) is 6.91. The second-order valence-corrected chi connectivity index (χ2v) is 9.41. The van der Waals surface area contributed by atoms with Crippen LogP contribution in [0.5, 0.6) is 0 Å². The molecule has 1 fully saturated rings. The molecule has 6 heteroatoms. The van der Waals surface area contributed by atoms with E-state index in [1.54, 1.807) is 43.0 Å². The minimum Gasteiger partial charge on any atom is -0.331 e. The van der Waals surface area contributed by atoms with E-state index < -0.39 is 15.1 Å². The van der Waals surface area contributed by atoms with E-state index in [4.69, 9.17) is 0 Å². The molecule has 0 saturated heterocycles. The van der Waals surface area contributed by atoms with Gasteiger partial charge in [0, 0.05) is 18.2 Å². The Bertz CT molecular complexity index is 886. The highest BCUT2D eigenvalue weighted by molar-refractivity contribution is 7.92. The van der Waals surface area contributed by atoms with Crippen LogP contribution in [0.2, 0.25) is 0 Å². The lowest BCUT2D eigenvalue weighted by atomic mass is 10.1. The molecule has 0 N–H and O–H groups in total. The number of rotatable bonds is 6. The summed E-state index contributed by atoms with van der Waals surface area (Å²) in [6.45, 7) is 3.67. The molecule has 138 valence electrons. The number of benzene rings is 2. The van der Waals surface area contributed by atoms with E-state index in [1.165, 1.54) is 24.3 Å². The molecule has 0 unspecified atom stereocenters. The minimum absolute atomic E-state index is 0.134. The van der Waals surface area contributed by atoms with Gasteiger partial charge in [-0.2, -0.15) is 0 Å². The first-order valence-electron chi connectivity index (χ1n) is 8.68. The molecule has 1 aliphatic carbocycles. The first kappa shape index (κ1) is 18.6. The average Bonchev–Trinajstić information content (AvgIpc) is 3.45. The highest BCUT2D eigenvalue weighted by Crippen LogP contribution is 2.30. The van der Waals surface area contributed by atoms with Crippen LogP contribution < -0.4 is 0 Å². The van der Waals surface area contributed by atoms with Crippen molar-refractivity contribution >= 4 is 15.7 Å². The number of nitrogens with zero attached hydrogens (tertiary/aromatic N) is 1. The van der Waals surface area contributed by atoms with Crippen molar-refractivity contribution in [3.8, 4) is 0 Å². The van der Waals surface area contributed by atoms with Crippen molar-refractivity contribution in [1.29, 1.82) is 0 Å². The van der Waals surface area contributed by atoms with Gasteiger partial charge in [0.05, 0.1) is 10.1 Å². The SMILES string of the molecule is CC(C)S(=O)(=O)c1ccc(C(=O)N(Cc2ccc(F)cc2)C2CC2)cc1. The Hall–Kier alpha value is -2.21. The summed E-state index contributed by atoms with van der Waals surface area (Å²) >= 11 is 0. The summed E-state index contributed by atoms with van der Waals surface area (Å²) in [5, 5.41) is -0.509. The number of hydrogen-bond donors (Lipinski definition) is 0. The summed E-state index contributed by atoms with van der Waals surface area (Å²) in [5.41, 5.74) is 1.33. The van der Waals surface area contributed by atoms with Gasteiger partial charge in [0.1, 0.15) is 5.82 Å². The fraction of sp³-hybridized carbons (Fsp3) is 0.350. The van der Waals surface area contributed by atoms with E-state index >= 15 is 0 Å². The van der Waals surface area contributed by atoms with Crippen LogP contribution in [0.4, 0.5) is 4.39 Å². The van der Waals surface area contributed by atoms with Crippen LogP contribution in [0.15, 0.2) is 53.4 Å². The van der Waals surface area contributed by atoms with Gasteiger partial charge in [0.25, 0.3) is 5.91 Å². The molecule has 0 radical (unpaired) electrons. The highest BCUT2D eigenvalue weighted by atomic mass is 32.2. The number of amides is 1. The Morgan fingerprint density at radius 1 is 1.08 bits per heavy atom. The van der Waals surface area contributed by atoms with Gasteiger partial charge in [0.2, 0.25) is 0 Å². The number of carbonyl (C=O) groups excluding carboxylic acids is 1. The fourth-order valence-corrected chi connectivity index (χ4v) is 3.82. The van der Waals surface area contributed by atoms with Crippen molar-refractivity contribution in [2.75, 3.05) is 0 Å². The lowest BCUT2D eigenvalue weighted by Gasteiger charge is -2.23. The van der Waals surface area contributed by atoms with Crippen molar-refractivity contribution in [3.63, 3.8) is 0 Å². The summed E-state index contributed by atoms with van der Waals surface area (Å²) in [4.78, 5) is 14.9. The predicted octanol–water partition coefficient (Wildman–Crippen LogP) is 3.81. The Balaban J connectivity index is 1.80. The van der Waals surface area contributed by atoms with Crippen LogP contribution >= 0.6 is 0 Å². The van der Waals surface area contributed by atoms with Crippen molar-refractivity contribution in [2.45, 2.75) is 49.4 Å². The van der Waals surface area contributed by atoms with Gasteiger partial charge in [-0.1, -0.05) is 12.1 Å².